The van der Waals surface area contributed by atoms with E-state index in [-0.39, 0.29) is 17.6 Å². The first-order valence-corrected chi connectivity index (χ1v) is 8.18. The first-order valence-electron chi connectivity index (χ1n) is 7.30. The van der Waals surface area contributed by atoms with Gasteiger partial charge in [0.05, 0.1) is 6.04 Å². The number of nitrogens with two attached hydrogens (primary N) is 1. The van der Waals surface area contributed by atoms with Crippen LogP contribution in [0, 0.1) is 6.92 Å². The zero-order chi connectivity index (χ0) is 16.4. The molecule has 1 fully saturated rings. The minimum Gasteiger partial charge on any atom is -0.329 e. The topological polar surface area (TPSA) is 101 Å². The number of likely N-dealkylation sites (tertiary alicyclic amines) is 1. The first kappa shape index (κ1) is 15.6. The molecule has 0 aliphatic carbocycles. The number of carbonyl (C=O) groups excluding carboxylic acids is 2. The quantitative estimate of drug-likeness (QED) is 0.503. The van der Waals surface area contributed by atoms with Crippen molar-refractivity contribution in [2.24, 2.45) is 5.84 Å². The van der Waals surface area contributed by atoms with Crippen LogP contribution in [-0.4, -0.2) is 33.2 Å². The predicted molar refractivity (Wildman–Crippen MR) is 85.8 cm³/mol. The summed E-state index contributed by atoms with van der Waals surface area (Å²) in [5, 5.41) is 2.95. The summed E-state index contributed by atoms with van der Waals surface area (Å²) in [7, 11) is 0. The highest BCUT2D eigenvalue weighted by molar-refractivity contribution is 7.09. The number of rotatable bonds is 3. The van der Waals surface area contributed by atoms with Crippen molar-refractivity contribution in [1.29, 1.82) is 0 Å². The molecule has 2 aromatic heterocycles. The zero-order valence-electron chi connectivity index (χ0n) is 12.7. The molecule has 3 N–H and O–H groups in total. The third-order valence-corrected chi connectivity index (χ3v) is 4.87. The normalized spacial score (nSPS) is 17.3. The van der Waals surface area contributed by atoms with Gasteiger partial charge in [-0.05, 0) is 31.9 Å². The summed E-state index contributed by atoms with van der Waals surface area (Å²) in [4.78, 5) is 34.6. The van der Waals surface area contributed by atoms with Crippen LogP contribution in [0.5, 0.6) is 0 Å². The second-order valence-corrected chi connectivity index (χ2v) is 6.28. The molecular formula is C15H17N5O2S. The highest BCUT2D eigenvalue weighted by atomic mass is 32.1. The van der Waals surface area contributed by atoms with Gasteiger partial charge in [0, 0.05) is 29.4 Å². The van der Waals surface area contributed by atoms with Gasteiger partial charge in [-0.25, -0.2) is 10.8 Å². The lowest BCUT2D eigenvalue weighted by Crippen LogP contribution is -2.32. The molecule has 120 valence electrons. The van der Waals surface area contributed by atoms with Gasteiger partial charge in [0.15, 0.2) is 0 Å². The number of hydrazine groups is 1. The number of pyridine rings is 1. The van der Waals surface area contributed by atoms with Gasteiger partial charge in [-0.15, -0.1) is 11.3 Å². The Morgan fingerprint density at radius 2 is 2.30 bits per heavy atom. The molecule has 0 saturated carbocycles. The van der Waals surface area contributed by atoms with Crippen molar-refractivity contribution in [2.45, 2.75) is 25.8 Å². The smallest absolute Gasteiger partial charge is 0.283 e. The van der Waals surface area contributed by atoms with Crippen LogP contribution in [0.4, 0.5) is 0 Å². The number of nitrogens with zero attached hydrogens (tertiary/aromatic N) is 3. The minimum absolute atomic E-state index is 0.00107. The van der Waals surface area contributed by atoms with Gasteiger partial charge in [-0.1, -0.05) is 0 Å². The Morgan fingerprint density at radius 3 is 3.00 bits per heavy atom. The van der Waals surface area contributed by atoms with Gasteiger partial charge in [0.2, 0.25) is 0 Å². The Hall–Kier alpha value is -2.32. The molecule has 0 aromatic carbocycles. The minimum atomic E-state index is -0.520. The molecule has 23 heavy (non-hydrogen) atoms. The molecule has 7 nitrogen and oxygen atoms in total. The number of thiazole rings is 1. The van der Waals surface area contributed by atoms with Gasteiger partial charge in [0.25, 0.3) is 11.8 Å². The summed E-state index contributed by atoms with van der Waals surface area (Å²) < 4.78 is 0. The predicted octanol–water partition coefficient (Wildman–Crippen LogP) is 1.43. The standard InChI is InChI=1S/C15H17N5O2S/c1-9-8-23-14(18-9)12-3-2-6-20(12)15(22)10-4-5-17-11(7-10)13(21)19-16/h4-5,7-8,12H,2-3,6,16H2,1H3,(H,19,21)/t12-/m1/s1. The fraction of sp³-hybridized carbons (Fsp3) is 0.333. The van der Waals surface area contributed by atoms with E-state index in [1.165, 1.54) is 12.3 Å². The number of nitrogens with one attached hydrogen (secondary N) is 1. The second-order valence-electron chi connectivity index (χ2n) is 5.39. The summed E-state index contributed by atoms with van der Waals surface area (Å²) in [6.45, 7) is 2.63. The maximum Gasteiger partial charge on any atom is 0.283 e. The second kappa shape index (κ2) is 6.43. The van der Waals surface area contributed by atoms with Crippen LogP contribution < -0.4 is 11.3 Å². The van der Waals surface area contributed by atoms with Crippen molar-refractivity contribution in [1.82, 2.24) is 20.3 Å². The first-order chi connectivity index (χ1) is 11.1. The fourth-order valence-corrected chi connectivity index (χ4v) is 3.66. The molecular weight excluding hydrogens is 314 g/mol. The van der Waals surface area contributed by atoms with Crippen LogP contribution in [0.3, 0.4) is 0 Å². The Balaban J connectivity index is 1.86. The van der Waals surface area contributed by atoms with E-state index in [1.54, 1.807) is 17.4 Å². The largest absolute Gasteiger partial charge is 0.329 e. The van der Waals surface area contributed by atoms with E-state index in [0.717, 1.165) is 23.5 Å². The van der Waals surface area contributed by atoms with Gasteiger partial charge in [0.1, 0.15) is 10.7 Å². The summed E-state index contributed by atoms with van der Waals surface area (Å²) in [5.74, 6) is 4.47. The summed E-state index contributed by atoms with van der Waals surface area (Å²) in [6, 6.07) is 3.08. The lowest BCUT2D eigenvalue weighted by molar-refractivity contribution is 0.0735. The molecule has 3 heterocycles. The number of aryl methyl sites for hydroxylation is 1. The molecule has 0 radical (unpaired) electrons. The Morgan fingerprint density at radius 1 is 1.48 bits per heavy atom. The van der Waals surface area contributed by atoms with Crippen molar-refractivity contribution in [3.8, 4) is 0 Å². The SMILES string of the molecule is Cc1csc([C@H]2CCCN2C(=O)c2ccnc(C(=O)NN)c2)n1. The van der Waals surface area contributed by atoms with E-state index in [1.807, 2.05) is 22.6 Å². The third-order valence-electron chi connectivity index (χ3n) is 3.81. The third kappa shape index (κ3) is 3.08. The average molecular weight is 331 g/mol. The fourth-order valence-electron chi connectivity index (χ4n) is 2.72. The molecule has 2 amide bonds. The van der Waals surface area contributed by atoms with Crippen LogP contribution in [0.15, 0.2) is 23.7 Å². The Bertz CT molecular complexity index is 745. The number of amides is 2. The highest BCUT2D eigenvalue weighted by Crippen LogP contribution is 2.34. The monoisotopic (exact) mass is 331 g/mol. The lowest BCUT2D eigenvalue weighted by atomic mass is 10.1. The lowest BCUT2D eigenvalue weighted by Gasteiger charge is -2.23. The van der Waals surface area contributed by atoms with Gasteiger partial charge < -0.3 is 4.90 Å². The summed E-state index contributed by atoms with van der Waals surface area (Å²) in [5.41, 5.74) is 3.54. The van der Waals surface area contributed by atoms with Gasteiger partial charge in [-0.3, -0.25) is 20.0 Å². The van der Waals surface area contributed by atoms with E-state index in [9.17, 15) is 9.59 Å². The summed E-state index contributed by atoms with van der Waals surface area (Å²) >= 11 is 1.58. The molecule has 1 atom stereocenters. The molecule has 1 saturated heterocycles. The Kier molecular flexibility index (Phi) is 4.35. The highest BCUT2D eigenvalue weighted by Gasteiger charge is 2.32. The molecule has 8 heteroatoms. The summed E-state index contributed by atoms with van der Waals surface area (Å²) in [6.07, 6.45) is 3.28. The zero-order valence-corrected chi connectivity index (χ0v) is 13.5. The number of nitrogen functional groups attached to an aromatic ring is 1. The van der Waals surface area contributed by atoms with Crippen LogP contribution in [-0.2, 0) is 0 Å². The maximum atomic E-state index is 12.8. The molecule has 0 spiro atoms. The molecule has 2 aromatic rings. The molecule has 0 unspecified atom stereocenters. The number of hydrogen-bond acceptors (Lipinski definition) is 6. The molecule has 3 rings (SSSR count). The van der Waals surface area contributed by atoms with Crippen LogP contribution >= 0.6 is 11.3 Å². The molecule has 1 aliphatic rings. The van der Waals surface area contributed by atoms with Crippen LogP contribution in [0.2, 0.25) is 0 Å². The number of aromatic nitrogens is 2. The van der Waals surface area contributed by atoms with Gasteiger partial charge in [-0.2, -0.15) is 0 Å². The maximum absolute atomic E-state index is 12.8. The van der Waals surface area contributed by atoms with Crippen molar-refractivity contribution in [3.63, 3.8) is 0 Å². The van der Waals surface area contributed by atoms with E-state index < -0.39 is 5.91 Å². The van der Waals surface area contributed by atoms with E-state index in [4.69, 9.17) is 5.84 Å². The van der Waals surface area contributed by atoms with E-state index in [2.05, 4.69) is 9.97 Å². The molecule has 0 bridgehead atoms. The van der Waals surface area contributed by atoms with Crippen LogP contribution in [0.1, 0.15) is 50.4 Å². The Labute approximate surface area is 137 Å². The molecule has 1 aliphatic heterocycles. The van der Waals surface area contributed by atoms with E-state index >= 15 is 0 Å². The average Bonchev–Trinajstić information content (AvgIpc) is 3.22. The van der Waals surface area contributed by atoms with Crippen molar-refractivity contribution in [2.75, 3.05) is 6.54 Å². The van der Waals surface area contributed by atoms with E-state index in [0.29, 0.717) is 12.1 Å². The number of hydrogen-bond donors (Lipinski definition) is 2. The van der Waals surface area contributed by atoms with Crippen molar-refractivity contribution < 1.29 is 9.59 Å². The van der Waals surface area contributed by atoms with Crippen molar-refractivity contribution >= 4 is 23.2 Å². The van der Waals surface area contributed by atoms with Gasteiger partial charge >= 0.3 is 0 Å². The van der Waals surface area contributed by atoms with Crippen LogP contribution in [0.25, 0.3) is 0 Å². The van der Waals surface area contributed by atoms with Crippen molar-refractivity contribution in [3.05, 3.63) is 45.7 Å². The number of carbonyl (C=O) groups is 2.